The van der Waals surface area contributed by atoms with Crippen LogP contribution in [-0.2, 0) is 23.9 Å². The zero-order valence-corrected chi connectivity index (χ0v) is 24.1. The van der Waals surface area contributed by atoms with E-state index in [1.54, 1.807) is 54.6 Å². The maximum absolute atomic E-state index is 12.5. The van der Waals surface area contributed by atoms with Gasteiger partial charge in [0.25, 0.3) is 0 Å². The summed E-state index contributed by atoms with van der Waals surface area (Å²) in [7, 11) is 0. The van der Waals surface area contributed by atoms with E-state index in [1.165, 1.54) is 12.2 Å². The average molecular weight is 607 g/mol. The molecule has 0 aromatic heterocycles. The first-order valence-corrected chi connectivity index (χ1v) is 14.3. The van der Waals surface area contributed by atoms with Crippen LogP contribution in [0.3, 0.4) is 0 Å². The fourth-order valence-electron chi connectivity index (χ4n) is 3.28. The van der Waals surface area contributed by atoms with Gasteiger partial charge in [-0.25, -0.2) is 9.59 Å². The molecule has 216 valence electrons. The van der Waals surface area contributed by atoms with Crippen LogP contribution in [0.25, 0.3) is 17.2 Å². The van der Waals surface area contributed by atoms with Gasteiger partial charge in [-0.15, -0.1) is 0 Å². The van der Waals surface area contributed by atoms with Crippen LogP contribution in [-0.4, -0.2) is 35.6 Å². The van der Waals surface area contributed by atoms with Crippen molar-refractivity contribution in [2.24, 2.45) is 0 Å². The molecule has 10 heteroatoms. The lowest BCUT2D eigenvalue weighted by molar-refractivity contribution is -0.140. The fraction of sp³-hybridized carbons (Fsp3) is 0.125. The second-order valence-electron chi connectivity index (χ2n) is 8.45. The zero-order chi connectivity index (χ0) is 30.3. The number of rotatable bonds is 13. The van der Waals surface area contributed by atoms with Crippen LogP contribution in [0.5, 0.6) is 5.75 Å². The van der Waals surface area contributed by atoms with E-state index in [4.69, 9.17) is 9.47 Å². The largest absolute Gasteiger partial charge is 0.513 e. The molecular formula is C32H27FO7S2. The number of benzene rings is 3. The second kappa shape index (κ2) is 16.8. The van der Waals surface area contributed by atoms with E-state index in [2.05, 4.69) is 17.9 Å². The predicted octanol–water partition coefficient (Wildman–Crippen LogP) is 7.81. The van der Waals surface area contributed by atoms with Crippen LogP contribution in [0.15, 0.2) is 114 Å². The number of hydrogen-bond acceptors (Lipinski definition) is 9. The Morgan fingerprint density at radius 1 is 0.738 bits per heavy atom. The third kappa shape index (κ3) is 11.2. The van der Waals surface area contributed by atoms with Gasteiger partial charge in [-0.05, 0) is 102 Å². The molecular weight excluding hydrogens is 579 g/mol. The van der Waals surface area contributed by atoms with Gasteiger partial charge in [-0.1, -0.05) is 55.6 Å². The normalized spacial score (nSPS) is 10.6. The van der Waals surface area contributed by atoms with Gasteiger partial charge < -0.3 is 14.2 Å². The molecule has 0 spiro atoms. The van der Waals surface area contributed by atoms with Gasteiger partial charge in [0, 0.05) is 9.79 Å². The summed E-state index contributed by atoms with van der Waals surface area (Å²) >= 11 is 2.17. The summed E-state index contributed by atoms with van der Waals surface area (Å²) in [5.74, 6) is -1.95. The minimum absolute atomic E-state index is 0.00682. The highest BCUT2D eigenvalue weighted by Crippen LogP contribution is 2.26. The Bertz CT molecular complexity index is 1450. The van der Waals surface area contributed by atoms with Crippen molar-refractivity contribution >= 4 is 52.0 Å². The van der Waals surface area contributed by atoms with Crippen LogP contribution in [0.2, 0.25) is 0 Å². The molecule has 7 nitrogen and oxygen atoms in total. The number of ether oxygens (including phenoxy) is 3. The molecule has 0 heterocycles. The molecule has 0 unspecified atom stereocenters. The van der Waals surface area contributed by atoms with Gasteiger partial charge in [0.15, 0.2) is 0 Å². The van der Waals surface area contributed by atoms with Crippen LogP contribution in [0.4, 0.5) is 9.18 Å². The van der Waals surface area contributed by atoms with E-state index in [9.17, 15) is 23.6 Å². The van der Waals surface area contributed by atoms with Crippen LogP contribution >= 0.6 is 23.5 Å². The monoisotopic (exact) mass is 606 g/mol. The molecule has 0 saturated heterocycles. The van der Waals surface area contributed by atoms with E-state index >= 15 is 0 Å². The van der Waals surface area contributed by atoms with Gasteiger partial charge in [0.05, 0.1) is 13.2 Å². The summed E-state index contributed by atoms with van der Waals surface area (Å²) in [6.07, 6.45) is 4.44. The standard InChI is InChI=1S/C32H27FO7S2/c1-3-29(34)41-27-15-17-28(18-16-27)42-30(35)19-8-23-6-9-24(10-7-23)25-11-13-26(14-12-25)40-32(37)39-21-5-4-20-38-31(36)22(2)33/h3,6-19H,1-2,4-5,20-21H2/b19-8+. The molecule has 3 rings (SSSR count). The number of carbonyl (C=O) groups is 4. The molecule has 0 N–H and O–H groups in total. The van der Waals surface area contributed by atoms with Crippen molar-refractivity contribution < 1.29 is 37.8 Å². The van der Waals surface area contributed by atoms with Crippen molar-refractivity contribution in [2.75, 3.05) is 13.2 Å². The van der Waals surface area contributed by atoms with Gasteiger partial charge >= 0.3 is 12.1 Å². The number of thioether (sulfide) groups is 2. The Balaban J connectivity index is 1.42. The lowest BCUT2D eigenvalue weighted by Crippen LogP contribution is -2.12. The van der Waals surface area contributed by atoms with E-state index in [0.717, 1.165) is 50.0 Å². The van der Waals surface area contributed by atoms with Gasteiger partial charge in [0.1, 0.15) is 5.75 Å². The van der Waals surface area contributed by atoms with E-state index in [-0.39, 0.29) is 23.4 Å². The molecule has 0 fully saturated rings. The molecule has 0 amide bonds. The predicted molar refractivity (Wildman–Crippen MR) is 162 cm³/mol. The highest BCUT2D eigenvalue weighted by Gasteiger charge is 2.09. The first-order valence-electron chi connectivity index (χ1n) is 12.6. The van der Waals surface area contributed by atoms with Crippen molar-refractivity contribution in [3.8, 4) is 16.9 Å². The Morgan fingerprint density at radius 3 is 1.81 bits per heavy atom. The molecule has 0 bridgehead atoms. The molecule has 0 aliphatic carbocycles. The highest BCUT2D eigenvalue weighted by molar-refractivity contribution is 8.14. The Kier molecular flexibility index (Phi) is 12.8. The smallest absolute Gasteiger partial charge is 0.460 e. The SMILES string of the molecule is C=CC(=O)Sc1ccc(SC(=O)/C=C/c2ccc(-c3ccc(OC(=O)OCCCCOC(=O)C(=C)F)cc3)cc2)cc1. The third-order valence-corrected chi connectivity index (χ3v) is 7.07. The highest BCUT2D eigenvalue weighted by atomic mass is 32.2. The quantitative estimate of drug-likeness (QED) is 0.0634. The Morgan fingerprint density at radius 2 is 1.26 bits per heavy atom. The first kappa shape index (κ1) is 32.1. The van der Waals surface area contributed by atoms with Crippen molar-refractivity contribution in [3.63, 3.8) is 0 Å². The van der Waals surface area contributed by atoms with E-state index < -0.39 is 18.0 Å². The van der Waals surface area contributed by atoms with E-state index in [0.29, 0.717) is 18.6 Å². The molecule has 3 aromatic carbocycles. The van der Waals surface area contributed by atoms with Crippen molar-refractivity contribution in [1.29, 1.82) is 0 Å². The topological polar surface area (TPSA) is 96.0 Å². The van der Waals surface area contributed by atoms with Crippen LogP contribution in [0, 0.1) is 0 Å². The number of halogens is 1. The minimum Gasteiger partial charge on any atom is -0.460 e. The molecule has 0 aliphatic rings. The third-order valence-electron chi connectivity index (χ3n) is 5.35. The van der Waals surface area contributed by atoms with Crippen LogP contribution in [0.1, 0.15) is 18.4 Å². The minimum atomic E-state index is -1.16. The molecule has 42 heavy (non-hydrogen) atoms. The number of hydrogen-bond donors (Lipinski definition) is 0. The maximum atomic E-state index is 12.5. The van der Waals surface area contributed by atoms with Gasteiger partial charge in [-0.3, -0.25) is 9.59 Å². The molecule has 0 radical (unpaired) electrons. The summed E-state index contributed by atoms with van der Waals surface area (Å²) in [4.78, 5) is 48.1. The summed E-state index contributed by atoms with van der Waals surface area (Å²) in [5, 5.41) is -0.261. The number of unbranched alkanes of at least 4 members (excludes halogenated alkanes) is 1. The van der Waals surface area contributed by atoms with E-state index in [1.807, 2.05) is 24.3 Å². The average Bonchev–Trinajstić information content (AvgIpc) is 2.99. The lowest BCUT2D eigenvalue weighted by atomic mass is 10.0. The maximum Gasteiger partial charge on any atom is 0.513 e. The molecule has 3 aromatic rings. The molecule has 0 aliphatic heterocycles. The second-order valence-corrected chi connectivity index (χ2v) is 10.6. The Labute approximate surface area is 251 Å². The number of esters is 1. The van der Waals surface area contributed by atoms with Gasteiger partial charge in [0.2, 0.25) is 16.1 Å². The Hall–Kier alpha value is -4.41. The van der Waals surface area contributed by atoms with Crippen molar-refractivity contribution in [2.45, 2.75) is 22.6 Å². The zero-order valence-electron chi connectivity index (χ0n) is 22.5. The molecule has 0 saturated carbocycles. The molecule has 0 atom stereocenters. The first-order chi connectivity index (χ1) is 20.2. The summed E-state index contributed by atoms with van der Waals surface area (Å²) in [5.41, 5.74) is 2.70. The number of carbonyl (C=O) groups excluding carboxylic acids is 4. The summed E-state index contributed by atoms with van der Waals surface area (Å²) in [6, 6.07) is 21.7. The van der Waals surface area contributed by atoms with Crippen molar-refractivity contribution in [1.82, 2.24) is 0 Å². The lowest BCUT2D eigenvalue weighted by Gasteiger charge is -2.07. The van der Waals surface area contributed by atoms with Crippen LogP contribution < -0.4 is 4.74 Å². The van der Waals surface area contributed by atoms with Crippen molar-refractivity contribution in [3.05, 3.63) is 109 Å². The fourth-order valence-corrected chi connectivity index (χ4v) is 4.51. The summed E-state index contributed by atoms with van der Waals surface area (Å²) < 4.78 is 27.2. The van der Waals surface area contributed by atoms with Gasteiger partial charge in [-0.2, -0.15) is 4.39 Å². The summed E-state index contributed by atoms with van der Waals surface area (Å²) in [6.45, 7) is 6.34.